The van der Waals surface area contributed by atoms with Crippen molar-refractivity contribution in [1.29, 1.82) is 0 Å². The van der Waals surface area contributed by atoms with E-state index >= 15 is 0 Å². The predicted octanol–water partition coefficient (Wildman–Crippen LogP) is 3.85. The lowest BCUT2D eigenvalue weighted by Crippen LogP contribution is -2.07. The van der Waals surface area contributed by atoms with Gasteiger partial charge in [0.15, 0.2) is 0 Å². The van der Waals surface area contributed by atoms with E-state index in [1.165, 1.54) is 5.56 Å². The van der Waals surface area contributed by atoms with E-state index in [4.69, 9.17) is 5.11 Å². The summed E-state index contributed by atoms with van der Waals surface area (Å²) in [7, 11) is 0. The van der Waals surface area contributed by atoms with Gasteiger partial charge in [-0.15, -0.1) is 0 Å². The van der Waals surface area contributed by atoms with Gasteiger partial charge in [-0.1, -0.05) is 48.5 Å². The Labute approximate surface area is 107 Å². The first-order valence-corrected chi connectivity index (χ1v) is 5.98. The van der Waals surface area contributed by atoms with Crippen LogP contribution in [0.25, 0.3) is 11.1 Å². The van der Waals surface area contributed by atoms with Gasteiger partial charge in [0.25, 0.3) is 0 Å². The average Bonchev–Trinajstić information content (AvgIpc) is 2.38. The molecule has 2 aromatic carbocycles. The molecule has 18 heavy (non-hydrogen) atoms. The fourth-order valence-corrected chi connectivity index (χ4v) is 2.01. The second kappa shape index (κ2) is 5.05. The van der Waals surface area contributed by atoms with E-state index in [9.17, 15) is 4.79 Å². The smallest absolute Gasteiger partial charge is 0.310 e. The van der Waals surface area contributed by atoms with E-state index in [-0.39, 0.29) is 0 Å². The maximum absolute atomic E-state index is 11.0. The minimum atomic E-state index is -0.795. The third kappa shape index (κ3) is 2.43. The molecule has 0 spiro atoms. The lowest BCUT2D eigenvalue weighted by atomic mass is 9.94. The monoisotopic (exact) mass is 240 g/mol. The lowest BCUT2D eigenvalue weighted by Gasteiger charge is -2.10. The minimum absolute atomic E-state index is 0.478. The van der Waals surface area contributed by atoms with Gasteiger partial charge in [-0.25, -0.2) is 0 Å². The van der Waals surface area contributed by atoms with Crippen LogP contribution in [0.2, 0.25) is 0 Å². The largest absolute Gasteiger partial charge is 0.481 e. The Morgan fingerprint density at radius 1 is 1.11 bits per heavy atom. The SMILES string of the molecule is Cc1ccccc1-c1cccc(C(C)C(=O)O)c1. The molecule has 0 saturated heterocycles. The molecule has 2 aromatic rings. The quantitative estimate of drug-likeness (QED) is 0.884. The second-order valence-electron chi connectivity index (χ2n) is 4.50. The number of rotatable bonds is 3. The van der Waals surface area contributed by atoms with Crippen LogP contribution in [0.3, 0.4) is 0 Å². The summed E-state index contributed by atoms with van der Waals surface area (Å²) in [5, 5.41) is 9.05. The fourth-order valence-electron chi connectivity index (χ4n) is 2.01. The zero-order valence-electron chi connectivity index (χ0n) is 10.6. The van der Waals surface area contributed by atoms with Crippen molar-refractivity contribution in [3.05, 3.63) is 59.7 Å². The van der Waals surface area contributed by atoms with Crippen LogP contribution < -0.4 is 0 Å². The number of hydrogen-bond acceptors (Lipinski definition) is 1. The third-order valence-electron chi connectivity index (χ3n) is 3.21. The Balaban J connectivity index is 2.45. The fraction of sp³-hybridized carbons (Fsp3) is 0.188. The van der Waals surface area contributed by atoms with Crippen LogP contribution in [0.5, 0.6) is 0 Å². The number of hydrogen-bond donors (Lipinski definition) is 1. The molecule has 0 aromatic heterocycles. The van der Waals surface area contributed by atoms with Gasteiger partial charge in [0.05, 0.1) is 5.92 Å². The van der Waals surface area contributed by atoms with E-state index in [1.54, 1.807) is 6.92 Å². The van der Waals surface area contributed by atoms with Gasteiger partial charge < -0.3 is 5.11 Å². The van der Waals surface area contributed by atoms with Gasteiger partial charge in [-0.2, -0.15) is 0 Å². The van der Waals surface area contributed by atoms with Crippen molar-refractivity contribution >= 4 is 5.97 Å². The van der Waals surface area contributed by atoms with Crippen LogP contribution in [0, 0.1) is 6.92 Å². The lowest BCUT2D eigenvalue weighted by molar-refractivity contribution is -0.138. The van der Waals surface area contributed by atoms with Gasteiger partial charge in [0, 0.05) is 0 Å². The van der Waals surface area contributed by atoms with E-state index in [0.29, 0.717) is 0 Å². The Hall–Kier alpha value is -2.09. The number of carboxylic acids is 1. The molecule has 2 rings (SSSR count). The minimum Gasteiger partial charge on any atom is -0.481 e. The summed E-state index contributed by atoms with van der Waals surface area (Å²) in [6.07, 6.45) is 0. The van der Waals surface area contributed by atoms with E-state index in [1.807, 2.05) is 36.4 Å². The van der Waals surface area contributed by atoms with Crippen molar-refractivity contribution in [3.63, 3.8) is 0 Å². The molecule has 0 bridgehead atoms. The molecule has 92 valence electrons. The van der Waals surface area contributed by atoms with Gasteiger partial charge in [-0.05, 0) is 36.1 Å². The first-order valence-electron chi connectivity index (χ1n) is 5.98. The van der Waals surface area contributed by atoms with Crippen molar-refractivity contribution in [3.8, 4) is 11.1 Å². The molecule has 2 nitrogen and oxygen atoms in total. The third-order valence-corrected chi connectivity index (χ3v) is 3.21. The Kier molecular flexibility index (Phi) is 3.47. The molecule has 0 saturated carbocycles. The average molecular weight is 240 g/mol. The van der Waals surface area contributed by atoms with Gasteiger partial charge in [-0.3, -0.25) is 4.79 Å². The van der Waals surface area contributed by atoms with Crippen molar-refractivity contribution < 1.29 is 9.90 Å². The first-order chi connectivity index (χ1) is 8.59. The molecule has 2 heteroatoms. The molecule has 1 atom stereocenters. The summed E-state index contributed by atoms with van der Waals surface area (Å²) in [6, 6.07) is 15.9. The Morgan fingerprint density at radius 3 is 2.50 bits per heavy atom. The standard InChI is InChI=1S/C16H16O2/c1-11-6-3-4-9-15(11)14-8-5-7-13(10-14)12(2)16(17)18/h3-10,12H,1-2H3,(H,17,18). The molecule has 1 unspecified atom stereocenters. The van der Waals surface area contributed by atoms with Crippen LogP contribution in [0.4, 0.5) is 0 Å². The normalized spacial score (nSPS) is 12.1. The summed E-state index contributed by atoms with van der Waals surface area (Å²) >= 11 is 0. The molecule has 0 aliphatic carbocycles. The molecule has 1 N–H and O–H groups in total. The van der Waals surface area contributed by atoms with E-state index in [0.717, 1.165) is 16.7 Å². The highest BCUT2D eigenvalue weighted by atomic mass is 16.4. The molecular weight excluding hydrogens is 224 g/mol. The van der Waals surface area contributed by atoms with E-state index in [2.05, 4.69) is 19.1 Å². The summed E-state index contributed by atoms with van der Waals surface area (Å²) in [6.45, 7) is 3.77. The zero-order chi connectivity index (χ0) is 13.1. The zero-order valence-corrected chi connectivity index (χ0v) is 10.6. The predicted molar refractivity (Wildman–Crippen MR) is 72.7 cm³/mol. The highest BCUT2D eigenvalue weighted by Gasteiger charge is 2.14. The van der Waals surface area contributed by atoms with Crippen LogP contribution in [-0.4, -0.2) is 11.1 Å². The molecule has 0 aliphatic heterocycles. The van der Waals surface area contributed by atoms with Gasteiger partial charge in [0.2, 0.25) is 0 Å². The number of benzene rings is 2. The second-order valence-corrected chi connectivity index (χ2v) is 4.50. The summed E-state index contributed by atoms with van der Waals surface area (Å²) in [4.78, 5) is 11.0. The van der Waals surface area contributed by atoms with Gasteiger partial charge in [0.1, 0.15) is 0 Å². The van der Waals surface area contributed by atoms with Crippen LogP contribution in [-0.2, 0) is 4.79 Å². The first kappa shape index (κ1) is 12.4. The van der Waals surface area contributed by atoms with E-state index < -0.39 is 11.9 Å². The molecular formula is C16H16O2. The molecule has 0 amide bonds. The van der Waals surface area contributed by atoms with Crippen molar-refractivity contribution in [2.24, 2.45) is 0 Å². The molecule has 0 heterocycles. The number of aliphatic carboxylic acids is 1. The molecule has 0 radical (unpaired) electrons. The highest BCUT2D eigenvalue weighted by Crippen LogP contribution is 2.26. The Morgan fingerprint density at radius 2 is 1.83 bits per heavy atom. The van der Waals surface area contributed by atoms with Crippen molar-refractivity contribution in [1.82, 2.24) is 0 Å². The Bertz CT molecular complexity index is 573. The number of aryl methyl sites for hydroxylation is 1. The molecule has 0 fully saturated rings. The maximum atomic E-state index is 11.0. The van der Waals surface area contributed by atoms with Gasteiger partial charge >= 0.3 is 5.97 Å². The van der Waals surface area contributed by atoms with Crippen LogP contribution in [0.1, 0.15) is 24.0 Å². The number of carbonyl (C=O) groups is 1. The maximum Gasteiger partial charge on any atom is 0.310 e. The van der Waals surface area contributed by atoms with Crippen LogP contribution in [0.15, 0.2) is 48.5 Å². The topological polar surface area (TPSA) is 37.3 Å². The van der Waals surface area contributed by atoms with Crippen molar-refractivity contribution in [2.75, 3.05) is 0 Å². The molecule has 0 aliphatic rings. The summed E-state index contributed by atoms with van der Waals surface area (Å²) in [5.74, 6) is -1.27. The highest BCUT2D eigenvalue weighted by molar-refractivity contribution is 5.77. The summed E-state index contributed by atoms with van der Waals surface area (Å²) < 4.78 is 0. The summed E-state index contributed by atoms with van der Waals surface area (Å²) in [5.41, 5.74) is 4.25. The number of carboxylic acid groups (broad SMARTS) is 1. The van der Waals surface area contributed by atoms with Crippen molar-refractivity contribution in [2.45, 2.75) is 19.8 Å². The van der Waals surface area contributed by atoms with Crippen LogP contribution >= 0.6 is 0 Å².